The van der Waals surface area contributed by atoms with Gasteiger partial charge >= 0.3 is 11.9 Å². The summed E-state index contributed by atoms with van der Waals surface area (Å²) in [4.78, 5) is 21.5. The van der Waals surface area contributed by atoms with Crippen LogP contribution in [0.25, 0.3) is 0 Å². The molecular formula is C16H26O9. The Balaban J connectivity index is 3.35. The zero-order valence-corrected chi connectivity index (χ0v) is 14.1. The fraction of sp³-hybridized carbons (Fsp3) is 0.625. The SMILES string of the molecule is C=CC(=O)OCC(O)COCCOCCOCC(O)COC(=O)C=C. The van der Waals surface area contributed by atoms with E-state index in [1.165, 1.54) is 0 Å². The van der Waals surface area contributed by atoms with Crippen molar-refractivity contribution in [1.29, 1.82) is 0 Å². The van der Waals surface area contributed by atoms with Gasteiger partial charge in [-0.15, -0.1) is 0 Å². The molecule has 0 bridgehead atoms. The highest BCUT2D eigenvalue weighted by molar-refractivity contribution is 5.81. The summed E-state index contributed by atoms with van der Waals surface area (Å²) in [5, 5.41) is 18.9. The Morgan fingerprint density at radius 2 is 1.08 bits per heavy atom. The molecule has 0 saturated carbocycles. The van der Waals surface area contributed by atoms with Gasteiger partial charge in [-0.3, -0.25) is 0 Å². The van der Waals surface area contributed by atoms with Crippen molar-refractivity contribution in [2.75, 3.05) is 52.9 Å². The van der Waals surface area contributed by atoms with Crippen LogP contribution >= 0.6 is 0 Å². The fourth-order valence-corrected chi connectivity index (χ4v) is 1.35. The maximum atomic E-state index is 10.8. The van der Waals surface area contributed by atoms with Gasteiger partial charge in [0.1, 0.15) is 25.4 Å². The molecule has 0 spiro atoms. The zero-order valence-electron chi connectivity index (χ0n) is 14.1. The van der Waals surface area contributed by atoms with Crippen LogP contribution in [0.15, 0.2) is 25.3 Å². The summed E-state index contributed by atoms with van der Waals surface area (Å²) >= 11 is 0. The minimum absolute atomic E-state index is 0.0138. The first-order chi connectivity index (χ1) is 12.0. The Hall–Kier alpha value is -1.78. The van der Waals surface area contributed by atoms with Gasteiger partial charge in [-0.05, 0) is 0 Å². The molecule has 0 aliphatic rings. The number of ether oxygens (including phenoxy) is 5. The molecule has 0 aromatic carbocycles. The molecule has 0 saturated heterocycles. The molecule has 25 heavy (non-hydrogen) atoms. The lowest BCUT2D eigenvalue weighted by atomic mass is 10.4. The van der Waals surface area contributed by atoms with E-state index in [0.717, 1.165) is 12.2 Å². The van der Waals surface area contributed by atoms with E-state index in [-0.39, 0.29) is 39.6 Å². The molecule has 0 heterocycles. The van der Waals surface area contributed by atoms with E-state index in [9.17, 15) is 19.8 Å². The Kier molecular flexibility index (Phi) is 14.6. The Morgan fingerprint density at radius 1 is 0.720 bits per heavy atom. The molecule has 0 rings (SSSR count). The minimum atomic E-state index is -0.913. The van der Waals surface area contributed by atoms with Crippen LogP contribution in [0.1, 0.15) is 0 Å². The summed E-state index contributed by atoms with van der Waals surface area (Å²) in [7, 11) is 0. The summed E-state index contributed by atoms with van der Waals surface area (Å²) in [5.41, 5.74) is 0. The van der Waals surface area contributed by atoms with E-state index in [2.05, 4.69) is 22.6 Å². The molecule has 0 radical (unpaired) electrons. The van der Waals surface area contributed by atoms with Crippen molar-refractivity contribution in [2.45, 2.75) is 12.2 Å². The van der Waals surface area contributed by atoms with Crippen LogP contribution in [0.2, 0.25) is 0 Å². The Bertz CT molecular complexity index is 361. The predicted octanol–water partition coefficient (Wildman–Crippen LogP) is -0.784. The van der Waals surface area contributed by atoms with Crippen LogP contribution in [-0.2, 0) is 33.3 Å². The summed E-state index contributed by atoms with van der Waals surface area (Å²) in [6.07, 6.45) is 0.194. The van der Waals surface area contributed by atoms with E-state index in [4.69, 9.17) is 14.2 Å². The second kappa shape index (κ2) is 15.7. The van der Waals surface area contributed by atoms with Gasteiger partial charge in [0.2, 0.25) is 0 Å². The van der Waals surface area contributed by atoms with E-state index >= 15 is 0 Å². The summed E-state index contributed by atoms with van der Waals surface area (Å²) in [6, 6.07) is 0. The normalized spacial score (nSPS) is 12.9. The lowest BCUT2D eigenvalue weighted by molar-refractivity contribution is -0.142. The minimum Gasteiger partial charge on any atom is -0.460 e. The van der Waals surface area contributed by atoms with Gasteiger partial charge in [-0.2, -0.15) is 0 Å². The third kappa shape index (κ3) is 15.5. The first-order valence-electron chi connectivity index (χ1n) is 7.67. The van der Waals surface area contributed by atoms with Crippen molar-refractivity contribution < 1.29 is 43.5 Å². The average Bonchev–Trinajstić information content (AvgIpc) is 2.62. The van der Waals surface area contributed by atoms with Crippen LogP contribution in [0.3, 0.4) is 0 Å². The molecule has 0 fully saturated rings. The number of hydrogen-bond donors (Lipinski definition) is 2. The van der Waals surface area contributed by atoms with Gasteiger partial charge in [0.25, 0.3) is 0 Å². The van der Waals surface area contributed by atoms with Gasteiger partial charge in [0.15, 0.2) is 0 Å². The molecule has 2 N–H and O–H groups in total. The number of rotatable bonds is 16. The van der Waals surface area contributed by atoms with E-state index in [1.54, 1.807) is 0 Å². The predicted molar refractivity (Wildman–Crippen MR) is 86.8 cm³/mol. The van der Waals surface area contributed by atoms with Crippen LogP contribution in [0.4, 0.5) is 0 Å². The van der Waals surface area contributed by atoms with Crippen molar-refractivity contribution in [3.8, 4) is 0 Å². The van der Waals surface area contributed by atoms with Crippen molar-refractivity contribution in [2.24, 2.45) is 0 Å². The number of carbonyl (C=O) groups is 2. The smallest absolute Gasteiger partial charge is 0.330 e. The maximum Gasteiger partial charge on any atom is 0.330 e. The molecule has 0 aromatic heterocycles. The number of aliphatic hydroxyl groups excluding tert-OH is 2. The Labute approximate surface area is 146 Å². The highest BCUT2D eigenvalue weighted by Crippen LogP contribution is 1.91. The van der Waals surface area contributed by atoms with Gasteiger partial charge in [0, 0.05) is 12.2 Å². The molecule has 2 unspecified atom stereocenters. The first-order valence-corrected chi connectivity index (χ1v) is 7.67. The second-order valence-electron chi connectivity index (χ2n) is 4.74. The molecule has 9 nitrogen and oxygen atoms in total. The van der Waals surface area contributed by atoms with Crippen molar-refractivity contribution >= 4 is 11.9 Å². The molecule has 0 aliphatic carbocycles. The third-order valence-electron chi connectivity index (χ3n) is 2.53. The first kappa shape index (κ1) is 23.2. The molecule has 0 aliphatic heterocycles. The quantitative estimate of drug-likeness (QED) is 0.207. The highest BCUT2D eigenvalue weighted by atomic mass is 16.6. The van der Waals surface area contributed by atoms with Crippen molar-refractivity contribution in [3.63, 3.8) is 0 Å². The van der Waals surface area contributed by atoms with Crippen LogP contribution in [-0.4, -0.2) is 87.2 Å². The lowest BCUT2D eigenvalue weighted by Gasteiger charge is -2.12. The third-order valence-corrected chi connectivity index (χ3v) is 2.53. The van der Waals surface area contributed by atoms with E-state index in [1.807, 2.05) is 0 Å². The number of aliphatic hydroxyl groups is 2. The zero-order chi connectivity index (χ0) is 18.9. The fourth-order valence-electron chi connectivity index (χ4n) is 1.35. The molecule has 144 valence electrons. The number of carbonyl (C=O) groups excluding carboxylic acids is 2. The molecule has 9 heteroatoms. The van der Waals surface area contributed by atoms with Crippen LogP contribution in [0.5, 0.6) is 0 Å². The monoisotopic (exact) mass is 362 g/mol. The summed E-state index contributed by atoms with van der Waals surface area (Å²) in [5.74, 6) is -1.21. The Morgan fingerprint density at radius 3 is 1.44 bits per heavy atom. The van der Waals surface area contributed by atoms with E-state index < -0.39 is 24.1 Å². The van der Waals surface area contributed by atoms with Crippen LogP contribution < -0.4 is 0 Å². The van der Waals surface area contributed by atoms with Crippen LogP contribution in [0, 0.1) is 0 Å². The van der Waals surface area contributed by atoms with Crippen molar-refractivity contribution in [1.82, 2.24) is 0 Å². The number of esters is 2. The van der Waals surface area contributed by atoms with Gasteiger partial charge < -0.3 is 33.9 Å². The van der Waals surface area contributed by atoms with Gasteiger partial charge in [0.05, 0.1) is 39.6 Å². The molecule has 0 aromatic rings. The van der Waals surface area contributed by atoms with Gasteiger partial charge in [-0.1, -0.05) is 13.2 Å². The largest absolute Gasteiger partial charge is 0.460 e. The molecular weight excluding hydrogens is 336 g/mol. The average molecular weight is 362 g/mol. The number of hydrogen-bond acceptors (Lipinski definition) is 9. The topological polar surface area (TPSA) is 121 Å². The van der Waals surface area contributed by atoms with E-state index in [0.29, 0.717) is 13.2 Å². The summed E-state index contributed by atoms with van der Waals surface area (Å²) < 4.78 is 24.8. The van der Waals surface area contributed by atoms with Crippen molar-refractivity contribution in [3.05, 3.63) is 25.3 Å². The second-order valence-corrected chi connectivity index (χ2v) is 4.74. The molecule has 0 amide bonds. The standard InChI is InChI=1S/C16H26O9/c1-3-15(19)24-11-13(17)9-22-7-5-21-6-8-23-10-14(18)12-25-16(20)4-2/h3-4,13-14,17-18H,1-2,5-12H2. The maximum absolute atomic E-state index is 10.8. The summed E-state index contributed by atoms with van der Waals surface area (Å²) in [6.45, 7) is 7.27. The molecule has 2 atom stereocenters. The highest BCUT2D eigenvalue weighted by Gasteiger charge is 2.08. The lowest BCUT2D eigenvalue weighted by Crippen LogP contribution is -2.25. The van der Waals surface area contributed by atoms with Gasteiger partial charge in [-0.25, -0.2) is 9.59 Å².